The third-order valence-corrected chi connectivity index (χ3v) is 5.31. The number of rotatable bonds is 2. The van der Waals surface area contributed by atoms with Gasteiger partial charge < -0.3 is 20.7 Å². The van der Waals surface area contributed by atoms with Gasteiger partial charge in [0.05, 0.1) is 18.7 Å². The van der Waals surface area contributed by atoms with Crippen LogP contribution in [0.3, 0.4) is 0 Å². The van der Waals surface area contributed by atoms with Crippen LogP contribution in [0.25, 0.3) is 10.9 Å². The molecule has 5 rings (SSSR count). The molecule has 2 aliphatic rings. The molecule has 142 valence electrons. The first-order valence-electron chi connectivity index (χ1n) is 9.34. The number of fused-ring (bicyclic) bond motifs is 2. The van der Waals surface area contributed by atoms with E-state index in [9.17, 15) is 4.79 Å². The van der Waals surface area contributed by atoms with E-state index in [-0.39, 0.29) is 11.8 Å². The summed E-state index contributed by atoms with van der Waals surface area (Å²) in [6.45, 7) is 2.64. The highest BCUT2D eigenvalue weighted by Gasteiger charge is 2.32. The Labute approximate surface area is 161 Å². The molecule has 1 atom stereocenters. The number of hydrogen-bond acceptors (Lipinski definition) is 7. The molecule has 28 heavy (non-hydrogen) atoms. The molecular formula is C20H20N6O2. The van der Waals surface area contributed by atoms with Gasteiger partial charge in [-0.2, -0.15) is 9.97 Å². The number of carbonyl (C=O) groups is 1. The van der Waals surface area contributed by atoms with Crippen LogP contribution < -0.4 is 16.0 Å². The van der Waals surface area contributed by atoms with Crippen LogP contribution in [0.15, 0.2) is 36.5 Å². The fourth-order valence-electron chi connectivity index (χ4n) is 3.98. The van der Waals surface area contributed by atoms with Crippen LogP contribution in [0.5, 0.6) is 0 Å². The van der Waals surface area contributed by atoms with Crippen LogP contribution in [0, 0.1) is 0 Å². The summed E-state index contributed by atoms with van der Waals surface area (Å²) in [4.78, 5) is 28.1. The van der Waals surface area contributed by atoms with E-state index in [1.54, 1.807) is 6.20 Å². The molecule has 0 aliphatic carbocycles. The fraction of sp³-hybridized carbons (Fsp3) is 0.300. The number of nitrogens with one attached hydrogen (secondary N) is 1. The van der Waals surface area contributed by atoms with Crippen LogP contribution in [-0.4, -0.2) is 47.2 Å². The largest absolute Gasteiger partial charge is 0.383 e. The molecule has 3 aromatic rings. The number of amides is 1. The third kappa shape index (κ3) is 2.82. The number of morpholine rings is 1. The number of para-hydroxylation sites is 1. The van der Waals surface area contributed by atoms with Gasteiger partial charge in [-0.1, -0.05) is 18.2 Å². The summed E-state index contributed by atoms with van der Waals surface area (Å²) in [6, 6.07) is 9.85. The zero-order chi connectivity index (χ0) is 19.1. The van der Waals surface area contributed by atoms with Crippen molar-refractivity contribution < 1.29 is 9.53 Å². The Morgan fingerprint density at radius 1 is 1.14 bits per heavy atom. The van der Waals surface area contributed by atoms with Gasteiger partial charge in [0.2, 0.25) is 11.9 Å². The van der Waals surface area contributed by atoms with Gasteiger partial charge in [0, 0.05) is 42.6 Å². The first kappa shape index (κ1) is 16.9. The molecule has 0 saturated carbocycles. The van der Waals surface area contributed by atoms with Crippen molar-refractivity contribution in [3.8, 4) is 0 Å². The second-order valence-corrected chi connectivity index (χ2v) is 6.99. The van der Waals surface area contributed by atoms with Crippen molar-refractivity contribution in [1.82, 2.24) is 15.0 Å². The van der Waals surface area contributed by atoms with E-state index in [2.05, 4.69) is 20.3 Å². The number of nitrogen functional groups attached to an aromatic ring is 1. The molecule has 8 heteroatoms. The third-order valence-electron chi connectivity index (χ3n) is 5.31. The summed E-state index contributed by atoms with van der Waals surface area (Å²) in [5, 5.41) is 3.89. The van der Waals surface area contributed by atoms with Crippen LogP contribution in [0.4, 0.5) is 17.6 Å². The molecule has 0 spiro atoms. The number of aromatic nitrogens is 3. The molecule has 8 nitrogen and oxygen atoms in total. The predicted molar refractivity (Wildman–Crippen MR) is 106 cm³/mol. The highest BCUT2D eigenvalue weighted by molar-refractivity contribution is 5.96. The molecule has 3 N–H and O–H groups in total. The Hall–Kier alpha value is -3.26. The molecule has 1 unspecified atom stereocenters. The first-order chi connectivity index (χ1) is 13.7. The van der Waals surface area contributed by atoms with Gasteiger partial charge in [-0.25, -0.2) is 0 Å². The molecule has 2 aliphatic heterocycles. The van der Waals surface area contributed by atoms with E-state index < -0.39 is 0 Å². The monoisotopic (exact) mass is 376 g/mol. The minimum absolute atomic E-state index is 0.0792. The van der Waals surface area contributed by atoms with E-state index in [1.807, 2.05) is 35.2 Å². The Morgan fingerprint density at radius 3 is 2.82 bits per heavy atom. The topological polar surface area (TPSA) is 106 Å². The quantitative estimate of drug-likeness (QED) is 0.704. The molecule has 1 amide bonds. The van der Waals surface area contributed by atoms with Crippen molar-refractivity contribution in [2.75, 3.05) is 42.3 Å². The number of anilines is 3. The molecule has 1 fully saturated rings. The van der Waals surface area contributed by atoms with Crippen molar-refractivity contribution in [3.05, 3.63) is 47.7 Å². The number of ether oxygens (including phenoxy) is 1. The van der Waals surface area contributed by atoms with Crippen LogP contribution in [0.1, 0.15) is 23.5 Å². The Kier molecular flexibility index (Phi) is 4.05. The molecule has 0 radical (unpaired) electrons. The fourth-order valence-corrected chi connectivity index (χ4v) is 3.98. The Balaban J connectivity index is 1.64. The van der Waals surface area contributed by atoms with Crippen LogP contribution in [-0.2, 0) is 9.53 Å². The number of benzene rings is 1. The minimum atomic E-state index is -0.213. The smallest absolute Gasteiger partial charge is 0.229 e. The van der Waals surface area contributed by atoms with Crippen LogP contribution in [0.2, 0.25) is 0 Å². The average Bonchev–Trinajstić information content (AvgIpc) is 2.73. The first-order valence-corrected chi connectivity index (χ1v) is 9.34. The minimum Gasteiger partial charge on any atom is -0.383 e. The van der Waals surface area contributed by atoms with Gasteiger partial charge in [0.1, 0.15) is 11.6 Å². The normalized spacial score (nSPS) is 19.4. The van der Waals surface area contributed by atoms with E-state index in [1.165, 1.54) is 0 Å². The SMILES string of the molecule is Nc1nc(N2CCOCC2)nc2c1C(c1ccnc3ccccc13)CC(=O)N2. The number of pyridine rings is 1. The van der Waals surface area contributed by atoms with Gasteiger partial charge in [-0.3, -0.25) is 9.78 Å². The Morgan fingerprint density at radius 2 is 1.96 bits per heavy atom. The van der Waals surface area contributed by atoms with Gasteiger partial charge in [-0.15, -0.1) is 0 Å². The highest BCUT2D eigenvalue weighted by Crippen LogP contribution is 2.41. The standard InChI is InChI=1S/C20H20N6O2/c21-18-17-14(12-5-6-22-15-4-2-1-3-13(12)15)11-16(27)23-19(17)25-20(24-18)26-7-9-28-10-8-26/h1-6,14H,7-11H2,(H3,21,23,24,25,27). The van der Waals surface area contributed by atoms with E-state index >= 15 is 0 Å². The second kappa shape index (κ2) is 6.72. The molecule has 1 aromatic carbocycles. The molecular weight excluding hydrogens is 356 g/mol. The van der Waals surface area contributed by atoms with Gasteiger partial charge in [0.25, 0.3) is 0 Å². The molecule has 0 bridgehead atoms. The summed E-state index contributed by atoms with van der Waals surface area (Å²) in [7, 11) is 0. The zero-order valence-corrected chi connectivity index (χ0v) is 15.3. The van der Waals surface area contributed by atoms with Crippen molar-refractivity contribution in [2.45, 2.75) is 12.3 Å². The lowest BCUT2D eigenvalue weighted by Crippen LogP contribution is -2.38. The number of nitrogens with zero attached hydrogens (tertiary/aromatic N) is 4. The van der Waals surface area contributed by atoms with Crippen LogP contribution >= 0.6 is 0 Å². The van der Waals surface area contributed by atoms with E-state index in [0.29, 0.717) is 50.3 Å². The van der Waals surface area contributed by atoms with E-state index in [4.69, 9.17) is 10.5 Å². The second-order valence-electron chi connectivity index (χ2n) is 6.99. The maximum Gasteiger partial charge on any atom is 0.229 e. The molecule has 2 aromatic heterocycles. The maximum atomic E-state index is 12.5. The lowest BCUT2D eigenvalue weighted by Gasteiger charge is -2.30. The highest BCUT2D eigenvalue weighted by atomic mass is 16.5. The van der Waals surface area contributed by atoms with Crippen molar-refractivity contribution in [2.24, 2.45) is 0 Å². The van der Waals surface area contributed by atoms with Gasteiger partial charge in [-0.05, 0) is 17.7 Å². The molecule has 1 saturated heterocycles. The Bertz CT molecular complexity index is 1060. The van der Waals surface area contributed by atoms with Crippen molar-refractivity contribution in [1.29, 1.82) is 0 Å². The summed E-state index contributed by atoms with van der Waals surface area (Å²) >= 11 is 0. The molecule has 4 heterocycles. The van der Waals surface area contributed by atoms with E-state index in [0.717, 1.165) is 22.0 Å². The van der Waals surface area contributed by atoms with Crippen molar-refractivity contribution >= 4 is 34.4 Å². The summed E-state index contributed by atoms with van der Waals surface area (Å²) in [6.07, 6.45) is 2.06. The summed E-state index contributed by atoms with van der Waals surface area (Å²) in [5.74, 6) is 1.13. The number of carbonyl (C=O) groups excluding carboxylic acids is 1. The lowest BCUT2D eigenvalue weighted by molar-refractivity contribution is -0.116. The average molecular weight is 376 g/mol. The summed E-state index contributed by atoms with van der Waals surface area (Å²) < 4.78 is 5.39. The van der Waals surface area contributed by atoms with Gasteiger partial charge >= 0.3 is 0 Å². The maximum absolute atomic E-state index is 12.5. The van der Waals surface area contributed by atoms with Gasteiger partial charge in [0.15, 0.2) is 0 Å². The number of hydrogen-bond donors (Lipinski definition) is 2. The lowest BCUT2D eigenvalue weighted by atomic mass is 9.84. The number of nitrogens with two attached hydrogens (primary N) is 1. The van der Waals surface area contributed by atoms with Crippen molar-refractivity contribution in [3.63, 3.8) is 0 Å². The zero-order valence-electron chi connectivity index (χ0n) is 15.3. The summed E-state index contributed by atoms with van der Waals surface area (Å²) in [5.41, 5.74) is 9.06. The predicted octanol–water partition coefficient (Wildman–Crippen LogP) is 1.92.